The number of nitrogens with zero attached hydrogens (tertiary/aromatic N) is 6. The second kappa shape index (κ2) is 11.8. The number of aromatic nitrogens is 5. The van der Waals surface area contributed by atoms with Gasteiger partial charge in [0.15, 0.2) is 11.3 Å². The first-order valence-electron chi connectivity index (χ1n) is 14.4. The standard InChI is InChI=1S/C26H27B4F5N8O4/c1-12-19(41-47-40-12)20(44)38-15(6-7-22(2,3)26(33,34)35)16-10-42-18(37-16)8-13(9-36-42)17(11-46-14-4-5-14)43-21(45)39-24(27,28)23(31,32)25(43,29)30/h8-10,14-15,17H,4-7,11H2,1-3H3,(H,38,44)(H,39,45)/t15-,17+/m0/s1. The molecule has 0 unspecified atom stereocenters. The third kappa shape index (κ3) is 6.46. The van der Waals surface area contributed by atoms with E-state index in [-0.39, 0.29) is 47.4 Å². The average Bonchev–Trinajstić information content (AvgIpc) is 3.52. The number of carbonyl (C=O) groups is 2. The van der Waals surface area contributed by atoms with Crippen LogP contribution in [-0.2, 0) is 4.74 Å². The van der Waals surface area contributed by atoms with E-state index < -0.39 is 58.6 Å². The Labute approximate surface area is 270 Å². The van der Waals surface area contributed by atoms with Crippen LogP contribution in [-0.4, -0.2) is 109 Å². The molecule has 8 radical (unpaired) electrons. The Hall–Kier alpha value is -3.63. The van der Waals surface area contributed by atoms with E-state index in [1.807, 2.05) is 5.32 Å². The summed E-state index contributed by atoms with van der Waals surface area (Å²) < 4.78 is 83.3. The number of urea groups is 1. The van der Waals surface area contributed by atoms with E-state index in [2.05, 4.69) is 30.3 Å². The summed E-state index contributed by atoms with van der Waals surface area (Å²) in [5, 5.41) is 9.55. The number of rotatable bonds is 11. The van der Waals surface area contributed by atoms with Crippen molar-refractivity contribution in [3.63, 3.8) is 0 Å². The minimum atomic E-state index is -4.53. The van der Waals surface area contributed by atoms with Crippen molar-refractivity contribution in [2.45, 2.75) is 87.4 Å². The third-order valence-corrected chi connectivity index (χ3v) is 8.38. The number of ether oxygens (including phenoxy) is 1. The van der Waals surface area contributed by atoms with E-state index in [1.54, 1.807) is 0 Å². The van der Waals surface area contributed by atoms with E-state index in [1.165, 1.54) is 29.9 Å². The molecule has 5 rings (SSSR count). The maximum atomic E-state index is 15.3. The molecule has 0 aromatic carbocycles. The molecule has 0 spiro atoms. The van der Waals surface area contributed by atoms with Crippen LogP contribution in [0.5, 0.6) is 0 Å². The Morgan fingerprint density at radius 3 is 2.49 bits per heavy atom. The monoisotopic (exact) mass is 654 g/mol. The Morgan fingerprint density at radius 2 is 1.89 bits per heavy atom. The van der Waals surface area contributed by atoms with Gasteiger partial charge in [-0.25, -0.2) is 27.7 Å². The third-order valence-electron chi connectivity index (χ3n) is 8.38. The lowest BCUT2D eigenvalue weighted by Crippen LogP contribution is -2.83. The predicted molar refractivity (Wildman–Crippen MR) is 157 cm³/mol. The zero-order valence-electron chi connectivity index (χ0n) is 25.5. The highest BCUT2D eigenvalue weighted by Gasteiger charge is 2.64. The fourth-order valence-corrected chi connectivity index (χ4v) is 5.01. The molecule has 2 aliphatic rings. The summed E-state index contributed by atoms with van der Waals surface area (Å²) in [7, 11) is 22.7. The second-order valence-electron chi connectivity index (χ2n) is 12.5. The fraction of sp³-hybridized carbons (Fsp3) is 0.615. The van der Waals surface area contributed by atoms with Gasteiger partial charge in [-0.2, -0.15) is 18.3 Å². The molecule has 0 bridgehead atoms. The molecular weight excluding hydrogens is 627 g/mol. The van der Waals surface area contributed by atoms with Crippen molar-refractivity contribution in [1.82, 2.24) is 40.4 Å². The van der Waals surface area contributed by atoms with Gasteiger partial charge in [-0.15, -0.1) is 0 Å². The van der Waals surface area contributed by atoms with Gasteiger partial charge < -0.3 is 20.3 Å². The zero-order chi connectivity index (χ0) is 34.7. The number of carbonyl (C=O) groups excluding carboxylic acids is 2. The van der Waals surface area contributed by atoms with Crippen LogP contribution < -0.4 is 10.6 Å². The smallest absolute Gasteiger partial charge is 0.376 e. The lowest BCUT2D eigenvalue weighted by molar-refractivity contribution is -0.214. The van der Waals surface area contributed by atoms with Crippen LogP contribution in [0.15, 0.2) is 23.1 Å². The minimum absolute atomic E-state index is 0.0818. The van der Waals surface area contributed by atoms with E-state index in [0.29, 0.717) is 17.7 Å². The van der Waals surface area contributed by atoms with Crippen molar-refractivity contribution in [2.75, 3.05) is 6.61 Å². The summed E-state index contributed by atoms with van der Waals surface area (Å²) in [5.41, 5.74) is -1.81. The van der Waals surface area contributed by atoms with Gasteiger partial charge in [-0.3, -0.25) is 4.79 Å². The van der Waals surface area contributed by atoms with Crippen molar-refractivity contribution in [3.05, 3.63) is 41.1 Å². The number of fused-ring (bicyclic) bond motifs is 1. The van der Waals surface area contributed by atoms with Gasteiger partial charge >= 0.3 is 12.2 Å². The van der Waals surface area contributed by atoms with Crippen molar-refractivity contribution < 1.29 is 40.9 Å². The van der Waals surface area contributed by atoms with Crippen LogP contribution in [0, 0.1) is 12.3 Å². The molecule has 1 aliphatic heterocycles. The lowest BCUT2D eigenvalue weighted by atomic mass is 9.43. The predicted octanol–water partition coefficient (Wildman–Crippen LogP) is 2.12. The Kier molecular flexibility index (Phi) is 8.72. The maximum absolute atomic E-state index is 15.3. The van der Waals surface area contributed by atoms with Crippen molar-refractivity contribution in [3.8, 4) is 0 Å². The Morgan fingerprint density at radius 1 is 1.21 bits per heavy atom. The number of alkyl halides is 5. The number of halogens is 5. The summed E-state index contributed by atoms with van der Waals surface area (Å²) in [6, 6.07) is -2.24. The topological polar surface area (TPSA) is 140 Å². The summed E-state index contributed by atoms with van der Waals surface area (Å²) in [6.07, 6.45) is -1.28. The minimum Gasteiger partial charge on any atom is -0.376 e. The Balaban J connectivity index is 1.51. The van der Waals surface area contributed by atoms with Gasteiger partial charge in [0.25, 0.3) is 11.8 Å². The van der Waals surface area contributed by atoms with E-state index >= 15 is 8.78 Å². The highest BCUT2D eigenvalue weighted by atomic mass is 19.4. The zero-order valence-corrected chi connectivity index (χ0v) is 25.5. The highest BCUT2D eigenvalue weighted by Crippen LogP contribution is 2.44. The summed E-state index contributed by atoms with van der Waals surface area (Å²) >= 11 is 0. The second-order valence-corrected chi connectivity index (χ2v) is 12.5. The SMILES string of the molecule is [B]C1([B])NC(=O)N([C@H](COC2CC2)c2cnn3cc([C@H](CCC(C)(C)C(F)(F)F)NC(=O)c4nonc4C)nc3c2)C([B])([B])C1(F)F. The first-order valence-corrected chi connectivity index (χ1v) is 14.4. The normalized spacial score (nSPS) is 20.5. The van der Waals surface area contributed by atoms with Gasteiger partial charge in [0.2, 0.25) is 0 Å². The van der Waals surface area contributed by atoms with Gasteiger partial charge in [0.05, 0.1) is 79.7 Å². The van der Waals surface area contributed by atoms with E-state index in [4.69, 9.17) is 36.1 Å². The van der Waals surface area contributed by atoms with Crippen LogP contribution in [0.25, 0.3) is 5.65 Å². The molecule has 1 saturated carbocycles. The number of aryl methyl sites for hydroxylation is 1. The van der Waals surface area contributed by atoms with Crippen LogP contribution >= 0.6 is 0 Å². The molecule has 12 nitrogen and oxygen atoms in total. The first-order chi connectivity index (χ1) is 21.7. The number of hydrogen-bond acceptors (Lipinski definition) is 8. The van der Waals surface area contributed by atoms with E-state index in [9.17, 15) is 22.8 Å². The Bertz CT molecular complexity index is 1660. The molecule has 47 heavy (non-hydrogen) atoms. The van der Waals surface area contributed by atoms with Crippen molar-refractivity contribution in [2.24, 2.45) is 5.41 Å². The molecule has 242 valence electrons. The van der Waals surface area contributed by atoms with Gasteiger partial charge in [-0.05, 0) is 43.8 Å². The van der Waals surface area contributed by atoms with Crippen LogP contribution in [0.3, 0.4) is 0 Å². The summed E-state index contributed by atoms with van der Waals surface area (Å²) in [6.45, 7) is 3.21. The fourth-order valence-electron chi connectivity index (χ4n) is 5.01. The molecule has 1 aliphatic carbocycles. The maximum Gasteiger partial charge on any atom is 0.393 e. The molecular formula is C26H27B4F5N8O4. The number of amides is 3. The molecule has 3 amide bonds. The van der Waals surface area contributed by atoms with Gasteiger partial charge in [0, 0.05) is 16.2 Å². The van der Waals surface area contributed by atoms with Crippen LogP contribution in [0.4, 0.5) is 26.7 Å². The van der Waals surface area contributed by atoms with Gasteiger partial charge in [-0.1, -0.05) is 19.0 Å². The molecule has 4 heterocycles. The molecule has 2 fully saturated rings. The van der Waals surface area contributed by atoms with E-state index in [0.717, 1.165) is 13.8 Å². The summed E-state index contributed by atoms with van der Waals surface area (Å²) in [5.74, 6) is -5.02. The van der Waals surface area contributed by atoms with Crippen molar-refractivity contribution in [1.29, 1.82) is 0 Å². The lowest BCUT2D eigenvalue weighted by Gasteiger charge is -2.58. The van der Waals surface area contributed by atoms with Crippen LogP contribution in [0.1, 0.15) is 79.1 Å². The highest BCUT2D eigenvalue weighted by molar-refractivity contribution is 6.48. The number of imidazole rings is 1. The number of hydrogen-bond donors (Lipinski definition) is 2. The molecule has 2 N–H and O–H groups in total. The van der Waals surface area contributed by atoms with Gasteiger partial charge in [0.1, 0.15) is 5.69 Å². The van der Waals surface area contributed by atoms with Crippen molar-refractivity contribution >= 4 is 49.0 Å². The van der Waals surface area contributed by atoms with Crippen LogP contribution in [0.2, 0.25) is 0 Å². The number of nitrogens with one attached hydrogen (secondary N) is 2. The molecule has 21 heteroatoms. The average molecular weight is 654 g/mol. The largest absolute Gasteiger partial charge is 0.393 e. The summed E-state index contributed by atoms with van der Waals surface area (Å²) in [4.78, 5) is 31.0. The molecule has 3 aromatic heterocycles. The molecule has 2 atom stereocenters. The molecule has 1 saturated heterocycles. The first kappa shape index (κ1) is 34.7. The quantitative estimate of drug-likeness (QED) is 0.237. The molecule has 3 aromatic rings.